The molecular formula is C13H18N2O3. The summed E-state index contributed by atoms with van der Waals surface area (Å²) in [5.74, 6) is -1.16. The van der Waals surface area contributed by atoms with Crippen LogP contribution in [0.1, 0.15) is 24.5 Å². The molecule has 1 aromatic rings. The van der Waals surface area contributed by atoms with Crippen molar-refractivity contribution in [3.8, 4) is 0 Å². The fraction of sp³-hybridized carbons (Fsp3) is 0.385. The summed E-state index contributed by atoms with van der Waals surface area (Å²) in [4.78, 5) is 21.2. The molecule has 4 N–H and O–H groups in total. The Kier molecular flexibility index (Phi) is 5.32. The summed E-state index contributed by atoms with van der Waals surface area (Å²) in [6, 6.07) is 7.37. The normalized spacial score (nSPS) is 12.1. The third kappa shape index (κ3) is 5.45. The summed E-state index contributed by atoms with van der Waals surface area (Å²) in [6.07, 6.45) is 0.336. The van der Waals surface area contributed by atoms with E-state index in [1.165, 1.54) is 0 Å². The predicted octanol–water partition coefficient (Wildman–Crippen LogP) is 0.667. The number of nitrogens with two attached hydrogens (primary N) is 1. The van der Waals surface area contributed by atoms with E-state index in [9.17, 15) is 9.59 Å². The van der Waals surface area contributed by atoms with E-state index in [0.717, 1.165) is 11.1 Å². The van der Waals surface area contributed by atoms with Crippen LogP contribution in [0.4, 0.5) is 0 Å². The monoisotopic (exact) mass is 250 g/mol. The van der Waals surface area contributed by atoms with Crippen LogP contribution in [-0.2, 0) is 22.6 Å². The molecule has 0 radical (unpaired) electrons. The highest BCUT2D eigenvalue weighted by Crippen LogP contribution is 2.05. The van der Waals surface area contributed by atoms with Gasteiger partial charge in [-0.3, -0.25) is 9.59 Å². The Morgan fingerprint density at radius 3 is 2.33 bits per heavy atom. The van der Waals surface area contributed by atoms with E-state index in [2.05, 4.69) is 5.32 Å². The van der Waals surface area contributed by atoms with Gasteiger partial charge in [-0.15, -0.1) is 0 Å². The molecule has 1 amide bonds. The van der Waals surface area contributed by atoms with Crippen molar-refractivity contribution in [2.24, 2.45) is 5.73 Å². The molecule has 0 saturated carbocycles. The van der Waals surface area contributed by atoms with Crippen LogP contribution in [0.2, 0.25) is 0 Å². The van der Waals surface area contributed by atoms with E-state index >= 15 is 0 Å². The summed E-state index contributed by atoms with van der Waals surface area (Å²) in [6.45, 7) is 2.52. The summed E-state index contributed by atoms with van der Waals surface area (Å²) in [5.41, 5.74) is 6.91. The number of rotatable bonds is 7. The molecule has 5 heteroatoms. The maximum Gasteiger partial charge on any atom is 0.307 e. The van der Waals surface area contributed by atoms with Crippen LogP contribution in [0.3, 0.4) is 0 Å². The SMILES string of the molecule is CC(CC(N)=O)NCc1ccc(CC(=O)O)cc1. The Morgan fingerprint density at radius 2 is 1.83 bits per heavy atom. The molecule has 0 bridgehead atoms. The summed E-state index contributed by atoms with van der Waals surface area (Å²) in [5, 5.41) is 11.8. The zero-order chi connectivity index (χ0) is 13.5. The maximum absolute atomic E-state index is 10.7. The number of carboxylic acids is 1. The zero-order valence-electron chi connectivity index (χ0n) is 10.3. The number of primary amides is 1. The molecule has 0 aliphatic rings. The van der Waals surface area contributed by atoms with Gasteiger partial charge in [0.05, 0.1) is 6.42 Å². The quantitative estimate of drug-likeness (QED) is 0.663. The fourth-order valence-corrected chi connectivity index (χ4v) is 1.62. The third-order valence-corrected chi connectivity index (χ3v) is 2.54. The molecule has 1 aromatic carbocycles. The highest BCUT2D eigenvalue weighted by atomic mass is 16.4. The first-order valence-electron chi connectivity index (χ1n) is 5.78. The second-order valence-corrected chi connectivity index (χ2v) is 4.34. The number of hydrogen-bond acceptors (Lipinski definition) is 3. The van der Waals surface area contributed by atoms with Gasteiger partial charge in [-0.2, -0.15) is 0 Å². The van der Waals surface area contributed by atoms with Crippen molar-refractivity contribution in [3.05, 3.63) is 35.4 Å². The van der Waals surface area contributed by atoms with Crippen molar-refractivity contribution in [1.29, 1.82) is 0 Å². The van der Waals surface area contributed by atoms with Gasteiger partial charge < -0.3 is 16.2 Å². The number of carbonyl (C=O) groups is 2. The minimum absolute atomic E-state index is 0.0289. The molecule has 0 saturated heterocycles. The van der Waals surface area contributed by atoms with Crippen molar-refractivity contribution in [1.82, 2.24) is 5.32 Å². The van der Waals surface area contributed by atoms with E-state index in [4.69, 9.17) is 10.8 Å². The molecular weight excluding hydrogens is 232 g/mol. The number of amides is 1. The lowest BCUT2D eigenvalue weighted by molar-refractivity contribution is -0.136. The molecule has 1 rings (SSSR count). The van der Waals surface area contributed by atoms with Gasteiger partial charge in [0, 0.05) is 19.0 Å². The second kappa shape index (κ2) is 6.76. The molecule has 0 aromatic heterocycles. The molecule has 0 fully saturated rings. The Labute approximate surface area is 106 Å². The first kappa shape index (κ1) is 14.2. The van der Waals surface area contributed by atoms with E-state index < -0.39 is 5.97 Å². The van der Waals surface area contributed by atoms with Crippen LogP contribution >= 0.6 is 0 Å². The van der Waals surface area contributed by atoms with Crippen LogP contribution in [0.15, 0.2) is 24.3 Å². The molecule has 0 aliphatic heterocycles. The predicted molar refractivity (Wildman–Crippen MR) is 67.9 cm³/mol. The van der Waals surface area contributed by atoms with Crippen molar-refractivity contribution in [2.45, 2.75) is 32.4 Å². The average molecular weight is 250 g/mol. The summed E-state index contributed by atoms with van der Waals surface area (Å²) < 4.78 is 0. The number of nitrogens with one attached hydrogen (secondary N) is 1. The lowest BCUT2D eigenvalue weighted by Gasteiger charge is -2.12. The van der Waals surface area contributed by atoms with E-state index in [1.807, 2.05) is 19.1 Å². The van der Waals surface area contributed by atoms with Gasteiger partial charge in [-0.1, -0.05) is 24.3 Å². The van der Waals surface area contributed by atoms with Gasteiger partial charge in [0.1, 0.15) is 0 Å². The van der Waals surface area contributed by atoms with E-state index in [0.29, 0.717) is 13.0 Å². The van der Waals surface area contributed by atoms with Gasteiger partial charge >= 0.3 is 5.97 Å². The van der Waals surface area contributed by atoms with Gasteiger partial charge in [-0.05, 0) is 18.1 Å². The van der Waals surface area contributed by atoms with Crippen molar-refractivity contribution in [3.63, 3.8) is 0 Å². The van der Waals surface area contributed by atoms with Gasteiger partial charge in [0.15, 0.2) is 0 Å². The lowest BCUT2D eigenvalue weighted by Crippen LogP contribution is -2.30. The summed E-state index contributed by atoms with van der Waals surface area (Å²) in [7, 11) is 0. The number of aliphatic carboxylic acids is 1. The van der Waals surface area contributed by atoms with Gasteiger partial charge in [0.2, 0.25) is 5.91 Å². The van der Waals surface area contributed by atoms with Crippen molar-refractivity contribution in [2.75, 3.05) is 0 Å². The number of carboxylic acid groups (broad SMARTS) is 1. The molecule has 0 aliphatic carbocycles. The minimum Gasteiger partial charge on any atom is -0.481 e. The standard InChI is InChI=1S/C13H18N2O3/c1-9(6-12(14)16)15-8-11-4-2-10(3-5-11)7-13(17)18/h2-5,9,15H,6-8H2,1H3,(H2,14,16)(H,17,18). The number of carbonyl (C=O) groups excluding carboxylic acids is 1. The Hall–Kier alpha value is -1.88. The lowest BCUT2D eigenvalue weighted by atomic mass is 10.1. The number of benzene rings is 1. The van der Waals surface area contributed by atoms with Crippen molar-refractivity contribution < 1.29 is 14.7 Å². The number of hydrogen-bond donors (Lipinski definition) is 3. The minimum atomic E-state index is -0.837. The molecule has 98 valence electrons. The fourth-order valence-electron chi connectivity index (χ4n) is 1.62. The van der Waals surface area contributed by atoms with Gasteiger partial charge in [-0.25, -0.2) is 0 Å². The van der Waals surface area contributed by atoms with Gasteiger partial charge in [0.25, 0.3) is 0 Å². The topological polar surface area (TPSA) is 92.4 Å². The van der Waals surface area contributed by atoms with Crippen LogP contribution in [-0.4, -0.2) is 23.0 Å². The first-order chi connectivity index (χ1) is 8.47. The van der Waals surface area contributed by atoms with E-state index in [-0.39, 0.29) is 18.4 Å². The smallest absolute Gasteiger partial charge is 0.307 e. The largest absolute Gasteiger partial charge is 0.481 e. The van der Waals surface area contributed by atoms with Crippen LogP contribution in [0.5, 0.6) is 0 Å². The Morgan fingerprint density at radius 1 is 1.28 bits per heavy atom. The molecule has 0 spiro atoms. The zero-order valence-corrected chi connectivity index (χ0v) is 10.3. The molecule has 18 heavy (non-hydrogen) atoms. The highest BCUT2D eigenvalue weighted by molar-refractivity contribution is 5.74. The average Bonchev–Trinajstić information content (AvgIpc) is 2.26. The Balaban J connectivity index is 2.43. The Bertz CT molecular complexity index is 415. The van der Waals surface area contributed by atoms with Crippen LogP contribution < -0.4 is 11.1 Å². The van der Waals surface area contributed by atoms with Crippen LogP contribution in [0.25, 0.3) is 0 Å². The van der Waals surface area contributed by atoms with E-state index in [1.54, 1.807) is 12.1 Å². The molecule has 1 atom stereocenters. The first-order valence-corrected chi connectivity index (χ1v) is 5.78. The second-order valence-electron chi connectivity index (χ2n) is 4.34. The molecule has 0 heterocycles. The summed E-state index contributed by atoms with van der Waals surface area (Å²) >= 11 is 0. The maximum atomic E-state index is 10.7. The highest BCUT2D eigenvalue weighted by Gasteiger charge is 2.05. The molecule has 5 nitrogen and oxygen atoms in total. The molecule has 1 unspecified atom stereocenters. The third-order valence-electron chi connectivity index (χ3n) is 2.54. The van der Waals surface area contributed by atoms with Crippen LogP contribution in [0, 0.1) is 0 Å². The van der Waals surface area contributed by atoms with Crippen molar-refractivity contribution >= 4 is 11.9 Å².